The predicted molar refractivity (Wildman–Crippen MR) is 79.8 cm³/mol. The van der Waals surface area contributed by atoms with Gasteiger partial charge in [-0.3, -0.25) is 4.98 Å². The Morgan fingerprint density at radius 1 is 0.722 bits per heavy atom. The summed E-state index contributed by atoms with van der Waals surface area (Å²) in [4.78, 5) is 4.04. The smallest absolute Gasteiger partial charge is 0.0270 e. The SMILES string of the molecule is CCCCCCCCCCCCc1ccncc1. The first-order chi connectivity index (χ1) is 8.93. The van der Waals surface area contributed by atoms with Gasteiger partial charge in [0.05, 0.1) is 0 Å². The van der Waals surface area contributed by atoms with Crippen LogP contribution in [-0.4, -0.2) is 4.98 Å². The van der Waals surface area contributed by atoms with Gasteiger partial charge in [-0.15, -0.1) is 0 Å². The predicted octanol–water partition coefficient (Wildman–Crippen LogP) is 5.55. The zero-order chi connectivity index (χ0) is 12.9. The van der Waals surface area contributed by atoms with Crippen LogP contribution in [0.25, 0.3) is 0 Å². The van der Waals surface area contributed by atoms with E-state index in [2.05, 4.69) is 24.0 Å². The zero-order valence-electron chi connectivity index (χ0n) is 12.0. The summed E-state index contributed by atoms with van der Waals surface area (Å²) in [6, 6.07) is 4.27. The molecule has 18 heavy (non-hydrogen) atoms. The van der Waals surface area contributed by atoms with E-state index in [9.17, 15) is 0 Å². The van der Waals surface area contributed by atoms with Crippen molar-refractivity contribution < 1.29 is 0 Å². The lowest BCUT2D eigenvalue weighted by atomic mass is 10.0. The van der Waals surface area contributed by atoms with Crippen LogP contribution in [0.15, 0.2) is 24.5 Å². The fraction of sp³-hybridized carbons (Fsp3) is 0.706. The molecule has 0 fully saturated rings. The summed E-state index contributed by atoms with van der Waals surface area (Å²) in [6.45, 7) is 2.28. The maximum Gasteiger partial charge on any atom is 0.0270 e. The van der Waals surface area contributed by atoms with Gasteiger partial charge in [-0.2, -0.15) is 0 Å². The largest absolute Gasteiger partial charge is 0.265 e. The van der Waals surface area contributed by atoms with Crippen LogP contribution in [0.3, 0.4) is 0 Å². The molecule has 0 unspecified atom stereocenters. The number of nitrogens with zero attached hydrogens (tertiary/aromatic N) is 1. The highest BCUT2D eigenvalue weighted by molar-refractivity contribution is 5.09. The van der Waals surface area contributed by atoms with Crippen LogP contribution < -0.4 is 0 Å². The van der Waals surface area contributed by atoms with Crippen LogP contribution in [0.1, 0.15) is 76.7 Å². The Balaban J connectivity index is 1.82. The van der Waals surface area contributed by atoms with Gasteiger partial charge < -0.3 is 0 Å². The second kappa shape index (κ2) is 11.3. The van der Waals surface area contributed by atoms with Crippen molar-refractivity contribution in [3.63, 3.8) is 0 Å². The average Bonchev–Trinajstić information content (AvgIpc) is 2.42. The van der Waals surface area contributed by atoms with E-state index in [0.717, 1.165) is 0 Å². The van der Waals surface area contributed by atoms with Crippen LogP contribution in [0.2, 0.25) is 0 Å². The summed E-state index contributed by atoms with van der Waals surface area (Å²) in [6.07, 6.45) is 19.1. The molecule has 0 bridgehead atoms. The normalized spacial score (nSPS) is 10.7. The maximum atomic E-state index is 4.04. The van der Waals surface area contributed by atoms with Crippen LogP contribution >= 0.6 is 0 Å². The van der Waals surface area contributed by atoms with Gasteiger partial charge >= 0.3 is 0 Å². The molecule has 0 aliphatic heterocycles. The third kappa shape index (κ3) is 8.27. The van der Waals surface area contributed by atoms with E-state index in [4.69, 9.17) is 0 Å². The summed E-state index contributed by atoms with van der Waals surface area (Å²) in [5.74, 6) is 0. The molecule has 1 heterocycles. The van der Waals surface area contributed by atoms with E-state index < -0.39 is 0 Å². The first-order valence-electron chi connectivity index (χ1n) is 7.82. The third-order valence-electron chi connectivity index (χ3n) is 3.57. The highest BCUT2D eigenvalue weighted by Crippen LogP contribution is 2.11. The molecule has 0 aliphatic rings. The van der Waals surface area contributed by atoms with E-state index in [1.54, 1.807) is 0 Å². The maximum absolute atomic E-state index is 4.04. The molecule has 102 valence electrons. The van der Waals surface area contributed by atoms with E-state index >= 15 is 0 Å². The quantitative estimate of drug-likeness (QED) is 0.467. The molecular weight excluding hydrogens is 218 g/mol. The van der Waals surface area contributed by atoms with Crippen LogP contribution in [0, 0.1) is 0 Å². The minimum atomic E-state index is 1.22. The van der Waals surface area contributed by atoms with Gasteiger partial charge in [-0.05, 0) is 30.5 Å². The van der Waals surface area contributed by atoms with Crippen molar-refractivity contribution in [2.45, 2.75) is 77.6 Å². The highest BCUT2D eigenvalue weighted by Gasteiger charge is 1.94. The summed E-state index contributed by atoms with van der Waals surface area (Å²) in [5.41, 5.74) is 1.43. The second-order valence-corrected chi connectivity index (χ2v) is 5.29. The van der Waals surface area contributed by atoms with E-state index in [1.165, 1.54) is 76.2 Å². The Labute approximate surface area is 113 Å². The van der Waals surface area contributed by atoms with Crippen molar-refractivity contribution in [3.8, 4) is 0 Å². The topological polar surface area (TPSA) is 12.9 Å². The molecule has 1 nitrogen and oxygen atoms in total. The molecule has 0 N–H and O–H groups in total. The Morgan fingerprint density at radius 3 is 1.78 bits per heavy atom. The fourth-order valence-electron chi connectivity index (χ4n) is 2.37. The molecule has 0 saturated heterocycles. The molecule has 1 aromatic heterocycles. The minimum Gasteiger partial charge on any atom is -0.265 e. The highest BCUT2D eigenvalue weighted by atomic mass is 14.6. The molecule has 0 radical (unpaired) electrons. The molecule has 0 amide bonds. The van der Waals surface area contributed by atoms with Crippen molar-refractivity contribution in [1.82, 2.24) is 4.98 Å². The fourth-order valence-corrected chi connectivity index (χ4v) is 2.37. The zero-order valence-corrected chi connectivity index (χ0v) is 12.0. The number of aryl methyl sites for hydroxylation is 1. The minimum absolute atomic E-state index is 1.22. The molecule has 0 aromatic carbocycles. The lowest BCUT2D eigenvalue weighted by Crippen LogP contribution is -1.86. The number of pyridine rings is 1. The summed E-state index contributed by atoms with van der Waals surface area (Å²) < 4.78 is 0. The van der Waals surface area contributed by atoms with Crippen LogP contribution in [-0.2, 0) is 6.42 Å². The van der Waals surface area contributed by atoms with Gasteiger partial charge in [0.1, 0.15) is 0 Å². The lowest BCUT2D eigenvalue weighted by molar-refractivity contribution is 0.556. The summed E-state index contributed by atoms with van der Waals surface area (Å²) >= 11 is 0. The summed E-state index contributed by atoms with van der Waals surface area (Å²) in [7, 11) is 0. The van der Waals surface area contributed by atoms with Crippen molar-refractivity contribution in [1.29, 1.82) is 0 Å². The standard InChI is InChI=1S/C17H29N/c1-2-3-4-5-6-7-8-9-10-11-12-17-13-15-18-16-14-17/h13-16H,2-12H2,1H3. The van der Waals surface area contributed by atoms with Gasteiger partial charge in [0, 0.05) is 12.4 Å². The molecule has 1 heteroatoms. The average molecular weight is 247 g/mol. The Hall–Kier alpha value is -0.850. The van der Waals surface area contributed by atoms with Gasteiger partial charge in [0.25, 0.3) is 0 Å². The molecular formula is C17H29N. The lowest BCUT2D eigenvalue weighted by Gasteiger charge is -2.02. The van der Waals surface area contributed by atoms with Crippen molar-refractivity contribution in [3.05, 3.63) is 30.1 Å². The number of hydrogen-bond acceptors (Lipinski definition) is 1. The molecule has 1 aromatic rings. The van der Waals surface area contributed by atoms with E-state index in [-0.39, 0.29) is 0 Å². The Morgan fingerprint density at radius 2 is 1.22 bits per heavy atom. The number of aromatic nitrogens is 1. The van der Waals surface area contributed by atoms with Crippen LogP contribution in [0.5, 0.6) is 0 Å². The Bertz CT molecular complexity index is 268. The van der Waals surface area contributed by atoms with Crippen molar-refractivity contribution in [2.75, 3.05) is 0 Å². The van der Waals surface area contributed by atoms with Gasteiger partial charge in [0.2, 0.25) is 0 Å². The number of hydrogen-bond donors (Lipinski definition) is 0. The first kappa shape index (κ1) is 15.2. The van der Waals surface area contributed by atoms with Gasteiger partial charge in [-0.25, -0.2) is 0 Å². The number of unbranched alkanes of at least 4 members (excludes halogenated alkanes) is 9. The van der Waals surface area contributed by atoms with Crippen molar-refractivity contribution in [2.24, 2.45) is 0 Å². The third-order valence-corrected chi connectivity index (χ3v) is 3.57. The second-order valence-electron chi connectivity index (χ2n) is 5.29. The first-order valence-corrected chi connectivity index (χ1v) is 7.82. The van der Waals surface area contributed by atoms with Gasteiger partial charge in [0.15, 0.2) is 0 Å². The molecule has 0 aliphatic carbocycles. The Kier molecular flexibility index (Phi) is 9.51. The van der Waals surface area contributed by atoms with E-state index in [0.29, 0.717) is 0 Å². The summed E-state index contributed by atoms with van der Waals surface area (Å²) in [5, 5.41) is 0. The van der Waals surface area contributed by atoms with E-state index in [1.807, 2.05) is 12.4 Å². The molecule has 0 atom stereocenters. The van der Waals surface area contributed by atoms with Gasteiger partial charge in [-0.1, -0.05) is 64.7 Å². The number of rotatable bonds is 11. The molecule has 0 saturated carbocycles. The molecule has 0 spiro atoms. The van der Waals surface area contributed by atoms with Crippen molar-refractivity contribution >= 4 is 0 Å². The monoisotopic (exact) mass is 247 g/mol. The van der Waals surface area contributed by atoms with Crippen LogP contribution in [0.4, 0.5) is 0 Å². The molecule has 1 rings (SSSR count).